The lowest BCUT2D eigenvalue weighted by molar-refractivity contribution is -0.137. The highest BCUT2D eigenvalue weighted by molar-refractivity contribution is 6.09. The predicted octanol–water partition coefficient (Wildman–Crippen LogP) is 6.19. The normalized spacial score (nSPS) is 11.5. The summed E-state index contributed by atoms with van der Waals surface area (Å²) in [6.45, 7) is 0.603. The molecule has 0 spiro atoms. The number of amides is 1. The maximum Gasteiger partial charge on any atom is 0.416 e. The molecule has 0 unspecified atom stereocenters. The number of imidazole rings is 1. The van der Waals surface area contributed by atoms with Gasteiger partial charge in [-0.1, -0.05) is 36.4 Å². The van der Waals surface area contributed by atoms with Crippen LogP contribution in [-0.2, 0) is 19.1 Å². The number of nitrogens with two attached hydrogens (primary N) is 1. The molecule has 0 fully saturated rings. The third kappa shape index (κ3) is 5.16. The molecule has 37 heavy (non-hydrogen) atoms. The van der Waals surface area contributed by atoms with E-state index in [-0.39, 0.29) is 0 Å². The average molecular weight is 502 g/mol. The van der Waals surface area contributed by atoms with Crippen molar-refractivity contribution in [2.24, 2.45) is 0 Å². The second-order valence-electron chi connectivity index (χ2n) is 8.47. The van der Waals surface area contributed by atoms with Gasteiger partial charge in [0.1, 0.15) is 0 Å². The molecule has 0 saturated heterocycles. The van der Waals surface area contributed by atoms with Crippen LogP contribution in [0.5, 0.6) is 0 Å². The van der Waals surface area contributed by atoms with Gasteiger partial charge in [0, 0.05) is 36.1 Å². The van der Waals surface area contributed by atoms with E-state index in [2.05, 4.69) is 15.3 Å². The Bertz CT molecular complexity index is 1560. The number of nitrogens with zero attached hydrogens (tertiary/aromatic N) is 3. The summed E-state index contributed by atoms with van der Waals surface area (Å²) in [5.74, 6) is -0.0283. The molecule has 5 rings (SSSR count). The number of nitrogens with one attached hydrogen (secondary N) is 1. The SMILES string of the molecule is Nc1nc2cc(NC(=O)c3ccccc3-c3ccc(C(F)(F)F)cc3)ccc2n1CCc1ccccn1. The van der Waals surface area contributed by atoms with E-state index in [1.54, 1.807) is 42.6 Å². The molecule has 5 aromatic rings. The Labute approximate surface area is 210 Å². The highest BCUT2D eigenvalue weighted by Gasteiger charge is 2.30. The molecular weight excluding hydrogens is 479 g/mol. The molecule has 0 aliphatic heterocycles. The summed E-state index contributed by atoms with van der Waals surface area (Å²) in [5, 5.41) is 2.86. The van der Waals surface area contributed by atoms with Crippen molar-refractivity contribution in [1.82, 2.24) is 14.5 Å². The average Bonchev–Trinajstić information content (AvgIpc) is 3.21. The largest absolute Gasteiger partial charge is 0.416 e. The van der Waals surface area contributed by atoms with Gasteiger partial charge >= 0.3 is 6.18 Å². The van der Waals surface area contributed by atoms with E-state index >= 15 is 0 Å². The number of fused-ring (bicyclic) bond motifs is 1. The van der Waals surface area contributed by atoms with Crippen molar-refractivity contribution in [3.05, 3.63) is 108 Å². The van der Waals surface area contributed by atoms with Gasteiger partial charge in [-0.05, 0) is 59.7 Å². The summed E-state index contributed by atoms with van der Waals surface area (Å²) in [4.78, 5) is 21.9. The van der Waals surface area contributed by atoms with Crippen molar-refractivity contribution in [2.75, 3.05) is 11.1 Å². The van der Waals surface area contributed by atoms with E-state index in [0.29, 0.717) is 46.8 Å². The Morgan fingerprint density at radius 3 is 2.43 bits per heavy atom. The van der Waals surface area contributed by atoms with Crippen molar-refractivity contribution in [3.63, 3.8) is 0 Å². The lowest BCUT2D eigenvalue weighted by Crippen LogP contribution is -2.13. The molecule has 0 aliphatic rings. The van der Waals surface area contributed by atoms with Crippen LogP contribution in [0.2, 0.25) is 0 Å². The van der Waals surface area contributed by atoms with Crippen molar-refractivity contribution in [2.45, 2.75) is 19.1 Å². The molecule has 1 amide bonds. The van der Waals surface area contributed by atoms with Crippen LogP contribution in [0.1, 0.15) is 21.6 Å². The molecule has 3 aromatic carbocycles. The zero-order valence-electron chi connectivity index (χ0n) is 19.5. The molecule has 9 heteroatoms. The zero-order chi connectivity index (χ0) is 26.0. The lowest BCUT2D eigenvalue weighted by atomic mass is 9.98. The van der Waals surface area contributed by atoms with Crippen LogP contribution >= 0.6 is 0 Å². The topological polar surface area (TPSA) is 85.8 Å². The predicted molar refractivity (Wildman–Crippen MR) is 137 cm³/mol. The number of anilines is 2. The monoisotopic (exact) mass is 501 g/mol. The first-order valence-electron chi connectivity index (χ1n) is 11.5. The standard InChI is InChI=1S/C28H22F3N5O/c29-28(30,31)19-10-8-18(9-11-19)22-6-1-2-7-23(22)26(37)34-21-12-13-25-24(17-21)35-27(32)36(25)16-14-20-5-3-4-15-33-20/h1-13,15,17H,14,16H2,(H2,32,35)(H,34,37). The molecule has 2 heterocycles. The molecule has 0 saturated carbocycles. The van der Waals surface area contributed by atoms with Crippen molar-refractivity contribution >= 4 is 28.6 Å². The smallest absolute Gasteiger partial charge is 0.369 e. The van der Waals surface area contributed by atoms with Crippen LogP contribution in [-0.4, -0.2) is 20.4 Å². The number of alkyl halides is 3. The highest BCUT2D eigenvalue weighted by Crippen LogP contribution is 2.32. The maximum absolute atomic E-state index is 13.2. The third-order valence-corrected chi connectivity index (χ3v) is 6.05. The number of rotatable bonds is 6. The van der Waals surface area contributed by atoms with Gasteiger partial charge in [-0.15, -0.1) is 0 Å². The number of pyridine rings is 1. The van der Waals surface area contributed by atoms with Crippen molar-refractivity contribution in [3.8, 4) is 11.1 Å². The fourth-order valence-corrected chi connectivity index (χ4v) is 4.20. The number of benzene rings is 3. The van der Waals surface area contributed by atoms with Crippen LogP contribution in [0.3, 0.4) is 0 Å². The molecule has 6 nitrogen and oxygen atoms in total. The number of nitrogen functional groups attached to an aromatic ring is 1. The summed E-state index contributed by atoms with van der Waals surface area (Å²) in [6.07, 6.45) is -1.99. The van der Waals surface area contributed by atoms with E-state index < -0.39 is 17.6 Å². The van der Waals surface area contributed by atoms with Crippen LogP contribution < -0.4 is 11.1 Å². The van der Waals surface area contributed by atoms with Crippen LogP contribution in [0.25, 0.3) is 22.2 Å². The summed E-state index contributed by atoms with van der Waals surface area (Å²) in [5.41, 5.74) is 9.71. The Hall–Kier alpha value is -4.66. The Morgan fingerprint density at radius 2 is 1.70 bits per heavy atom. The minimum Gasteiger partial charge on any atom is -0.369 e. The summed E-state index contributed by atoms with van der Waals surface area (Å²) in [7, 11) is 0. The summed E-state index contributed by atoms with van der Waals surface area (Å²) in [6, 6.07) is 22.6. The van der Waals surface area contributed by atoms with Gasteiger partial charge in [0.15, 0.2) is 0 Å². The van der Waals surface area contributed by atoms with Crippen LogP contribution in [0.4, 0.5) is 24.8 Å². The molecule has 3 N–H and O–H groups in total. The van der Waals surface area contributed by atoms with Crippen LogP contribution in [0.15, 0.2) is 91.1 Å². The Kier molecular flexibility index (Phi) is 6.35. The molecular formula is C28H22F3N5O. The van der Waals surface area contributed by atoms with Gasteiger partial charge in [0.05, 0.1) is 16.6 Å². The van der Waals surface area contributed by atoms with E-state index in [1.807, 2.05) is 28.8 Å². The molecule has 0 bridgehead atoms. The fourth-order valence-electron chi connectivity index (χ4n) is 4.20. The highest BCUT2D eigenvalue weighted by atomic mass is 19.4. The van der Waals surface area contributed by atoms with E-state index in [1.165, 1.54) is 12.1 Å². The second-order valence-corrected chi connectivity index (χ2v) is 8.47. The minimum absolute atomic E-state index is 0.336. The number of hydrogen-bond donors (Lipinski definition) is 2. The molecule has 2 aromatic heterocycles. The zero-order valence-corrected chi connectivity index (χ0v) is 19.5. The molecule has 0 aliphatic carbocycles. The quantitative estimate of drug-likeness (QED) is 0.290. The Balaban J connectivity index is 1.36. The first-order chi connectivity index (χ1) is 17.8. The van der Waals surface area contributed by atoms with Gasteiger partial charge in [0.25, 0.3) is 5.91 Å². The van der Waals surface area contributed by atoms with Crippen molar-refractivity contribution < 1.29 is 18.0 Å². The number of aromatic nitrogens is 3. The van der Waals surface area contributed by atoms with Gasteiger partial charge in [0.2, 0.25) is 5.95 Å². The minimum atomic E-state index is -4.43. The van der Waals surface area contributed by atoms with Crippen molar-refractivity contribution in [1.29, 1.82) is 0 Å². The number of halogens is 3. The van der Waals surface area contributed by atoms with Crippen LogP contribution in [0, 0.1) is 0 Å². The van der Waals surface area contributed by atoms with E-state index in [0.717, 1.165) is 23.3 Å². The fraction of sp³-hybridized carbons (Fsp3) is 0.107. The lowest BCUT2D eigenvalue weighted by Gasteiger charge is -2.12. The summed E-state index contributed by atoms with van der Waals surface area (Å²) < 4.78 is 40.7. The molecule has 186 valence electrons. The van der Waals surface area contributed by atoms with Gasteiger partial charge in [-0.3, -0.25) is 9.78 Å². The number of carbonyl (C=O) groups excluding carboxylic acids is 1. The van der Waals surface area contributed by atoms with Gasteiger partial charge in [-0.2, -0.15) is 13.2 Å². The number of carbonyl (C=O) groups is 1. The Morgan fingerprint density at radius 1 is 0.946 bits per heavy atom. The van der Waals surface area contributed by atoms with E-state index in [9.17, 15) is 18.0 Å². The molecule has 0 radical (unpaired) electrons. The molecule has 0 atom stereocenters. The summed E-state index contributed by atoms with van der Waals surface area (Å²) >= 11 is 0. The number of hydrogen-bond acceptors (Lipinski definition) is 4. The second kappa shape index (κ2) is 9.77. The first kappa shape index (κ1) is 24.1. The first-order valence-corrected chi connectivity index (χ1v) is 11.5. The number of aryl methyl sites for hydroxylation is 2. The van der Waals surface area contributed by atoms with Gasteiger partial charge < -0.3 is 15.6 Å². The van der Waals surface area contributed by atoms with E-state index in [4.69, 9.17) is 5.73 Å². The van der Waals surface area contributed by atoms with Gasteiger partial charge in [-0.25, -0.2) is 4.98 Å². The maximum atomic E-state index is 13.2. The third-order valence-electron chi connectivity index (χ3n) is 6.05.